The molecule has 0 aliphatic rings. The predicted molar refractivity (Wildman–Crippen MR) is 134 cm³/mol. The van der Waals surface area contributed by atoms with Crippen LogP contribution in [-0.2, 0) is 11.3 Å². The van der Waals surface area contributed by atoms with Crippen LogP contribution in [0.4, 0.5) is 0 Å². The molecule has 3 aromatic rings. The first-order valence-electron chi connectivity index (χ1n) is 10.9. The molecule has 0 aliphatic heterocycles. The maximum atomic E-state index is 13.0. The Morgan fingerprint density at radius 3 is 2.34 bits per heavy atom. The van der Waals surface area contributed by atoms with Crippen LogP contribution in [-0.4, -0.2) is 58.2 Å². The molecule has 2 heterocycles. The van der Waals surface area contributed by atoms with Gasteiger partial charge in [0.15, 0.2) is 11.5 Å². The number of methoxy groups -OCH3 is 2. The molecule has 0 radical (unpaired) electrons. The molecule has 11 heteroatoms. The van der Waals surface area contributed by atoms with E-state index in [1.807, 2.05) is 27.7 Å². The second-order valence-corrected chi connectivity index (χ2v) is 8.89. The van der Waals surface area contributed by atoms with E-state index in [4.69, 9.17) is 15.2 Å². The van der Waals surface area contributed by atoms with Crippen molar-refractivity contribution < 1.29 is 19.1 Å². The summed E-state index contributed by atoms with van der Waals surface area (Å²) in [5, 5.41) is 0.785. The molecule has 1 aromatic carbocycles. The number of benzene rings is 1. The SMILES string of the molecule is CCN(Cc1nc2cc(OC)c(OC)cc2c(=O)[nH]1)C(=O)CSc1nc(C)c(C)c(C)c1C(N)=O. The van der Waals surface area contributed by atoms with Gasteiger partial charge in [-0.15, -0.1) is 0 Å². The highest BCUT2D eigenvalue weighted by atomic mass is 32.2. The fourth-order valence-corrected chi connectivity index (χ4v) is 4.72. The molecule has 0 saturated heterocycles. The van der Waals surface area contributed by atoms with Crippen LogP contribution in [0.25, 0.3) is 10.9 Å². The number of carbonyl (C=O) groups excluding carboxylic acids is 2. The summed E-state index contributed by atoms with van der Waals surface area (Å²) >= 11 is 1.16. The van der Waals surface area contributed by atoms with Crippen LogP contribution in [0.1, 0.15) is 39.9 Å². The second kappa shape index (κ2) is 10.8. The van der Waals surface area contributed by atoms with E-state index in [-0.39, 0.29) is 23.8 Å². The molecule has 0 bridgehead atoms. The van der Waals surface area contributed by atoms with Crippen molar-refractivity contribution in [3.8, 4) is 11.5 Å². The molecular weight excluding hydrogens is 470 g/mol. The van der Waals surface area contributed by atoms with Crippen molar-refractivity contribution in [2.45, 2.75) is 39.3 Å². The molecule has 3 rings (SSSR count). The fourth-order valence-electron chi connectivity index (χ4n) is 3.67. The Hall–Kier alpha value is -3.60. The molecule has 0 unspecified atom stereocenters. The van der Waals surface area contributed by atoms with Crippen LogP contribution in [0.15, 0.2) is 22.0 Å². The van der Waals surface area contributed by atoms with Gasteiger partial charge in [-0.1, -0.05) is 11.8 Å². The molecule has 3 N–H and O–H groups in total. The van der Waals surface area contributed by atoms with Crippen molar-refractivity contribution in [2.24, 2.45) is 5.73 Å². The lowest BCUT2D eigenvalue weighted by molar-refractivity contribution is -0.128. The number of ether oxygens (including phenoxy) is 2. The number of aromatic nitrogens is 3. The van der Waals surface area contributed by atoms with E-state index in [1.54, 1.807) is 17.0 Å². The van der Waals surface area contributed by atoms with Crippen molar-refractivity contribution in [2.75, 3.05) is 26.5 Å². The highest BCUT2D eigenvalue weighted by molar-refractivity contribution is 8.00. The van der Waals surface area contributed by atoms with Gasteiger partial charge in [0.1, 0.15) is 10.9 Å². The summed E-state index contributed by atoms with van der Waals surface area (Å²) in [6, 6.07) is 3.19. The van der Waals surface area contributed by atoms with Gasteiger partial charge in [-0.25, -0.2) is 9.97 Å². The number of aromatic amines is 1. The van der Waals surface area contributed by atoms with Crippen molar-refractivity contribution >= 4 is 34.5 Å². The van der Waals surface area contributed by atoms with Crippen LogP contribution in [0.2, 0.25) is 0 Å². The number of pyridine rings is 1. The van der Waals surface area contributed by atoms with E-state index >= 15 is 0 Å². The van der Waals surface area contributed by atoms with Crippen molar-refractivity contribution in [3.63, 3.8) is 0 Å². The van der Waals surface area contributed by atoms with Gasteiger partial charge >= 0.3 is 0 Å². The minimum absolute atomic E-state index is 0.0475. The summed E-state index contributed by atoms with van der Waals surface area (Å²) in [5.41, 5.74) is 8.43. The van der Waals surface area contributed by atoms with Crippen molar-refractivity contribution in [1.82, 2.24) is 19.9 Å². The quantitative estimate of drug-likeness (QED) is 0.428. The molecule has 0 spiro atoms. The number of hydrogen-bond donors (Lipinski definition) is 2. The molecule has 2 aromatic heterocycles. The highest BCUT2D eigenvalue weighted by Gasteiger charge is 2.21. The molecule has 0 fully saturated rings. The van der Waals surface area contributed by atoms with Crippen LogP contribution in [0.5, 0.6) is 11.5 Å². The fraction of sp³-hybridized carbons (Fsp3) is 0.375. The van der Waals surface area contributed by atoms with Gasteiger partial charge in [0.25, 0.3) is 11.5 Å². The Kier molecular flexibility index (Phi) is 8.00. The second-order valence-electron chi connectivity index (χ2n) is 7.93. The van der Waals surface area contributed by atoms with Gasteiger partial charge in [0.2, 0.25) is 5.91 Å². The summed E-state index contributed by atoms with van der Waals surface area (Å²) < 4.78 is 10.6. The summed E-state index contributed by atoms with van der Waals surface area (Å²) in [6.07, 6.45) is 0. The number of hydrogen-bond acceptors (Lipinski definition) is 8. The molecule has 0 saturated carbocycles. The standard InChI is InChI=1S/C24H29N5O5S/c1-7-29(20(30)11-35-24-21(22(25)31)13(3)12(2)14(4)26-24)10-19-27-16-9-18(34-6)17(33-5)8-15(16)23(32)28-19/h8-9H,7,10-11H2,1-6H3,(H2,25,31)(H,27,28,32). The number of carbonyl (C=O) groups is 2. The highest BCUT2D eigenvalue weighted by Crippen LogP contribution is 2.30. The van der Waals surface area contributed by atoms with Gasteiger partial charge in [0, 0.05) is 18.3 Å². The number of primary amides is 1. The maximum Gasteiger partial charge on any atom is 0.258 e. The summed E-state index contributed by atoms with van der Waals surface area (Å²) in [5.74, 6) is 0.489. The molecule has 0 atom stereocenters. The Balaban J connectivity index is 1.83. The topological polar surface area (TPSA) is 140 Å². The van der Waals surface area contributed by atoms with Crippen molar-refractivity contribution in [1.29, 1.82) is 0 Å². The Morgan fingerprint density at radius 2 is 1.74 bits per heavy atom. The number of rotatable bonds is 9. The Morgan fingerprint density at radius 1 is 1.09 bits per heavy atom. The minimum atomic E-state index is -0.578. The summed E-state index contributed by atoms with van der Waals surface area (Å²) in [4.78, 5) is 51.0. The van der Waals surface area contributed by atoms with E-state index in [0.29, 0.717) is 45.4 Å². The van der Waals surface area contributed by atoms with Crippen LogP contribution >= 0.6 is 11.8 Å². The normalized spacial score (nSPS) is 10.9. The predicted octanol–water partition coefficient (Wildman–Crippen LogP) is 2.50. The number of nitrogens with two attached hydrogens (primary N) is 1. The zero-order chi connectivity index (χ0) is 25.9. The van der Waals surface area contributed by atoms with E-state index in [9.17, 15) is 14.4 Å². The third-order valence-electron chi connectivity index (χ3n) is 5.88. The summed E-state index contributed by atoms with van der Waals surface area (Å²) in [7, 11) is 2.99. The van der Waals surface area contributed by atoms with Gasteiger partial charge in [-0.2, -0.15) is 0 Å². The van der Waals surface area contributed by atoms with Gasteiger partial charge in [-0.3, -0.25) is 14.4 Å². The van der Waals surface area contributed by atoms with Crippen LogP contribution in [0, 0.1) is 20.8 Å². The summed E-state index contributed by atoms with van der Waals surface area (Å²) in [6.45, 7) is 7.89. The minimum Gasteiger partial charge on any atom is -0.493 e. The molecular formula is C24H29N5O5S. The number of amides is 2. The number of nitrogens with zero attached hydrogens (tertiary/aromatic N) is 3. The lowest BCUT2D eigenvalue weighted by atomic mass is 10.0. The number of thioether (sulfide) groups is 1. The van der Waals surface area contributed by atoms with Crippen molar-refractivity contribution in [3.05, 3.63) is 50.7 Å². The third kappa shape index (κ3) is 5.40. The van der Waals surface area contributed by atoms with E-state index in [2.05, 4.69) is 15.0 Å². The monoisotopic (exact) mass is 499 g/mol. The molecule has 35 heavy (non-hydrogen) atoms. The zero-order valence-corrected chi connectivity index (χ0v) is 21.5. The molecule has 186 valence electrons. The molecule has 10 nitrogen and oxygen atoms in total. The van der Waals surface area contributed by atoms with Gasteiger partial charge in [-0.05, 0) is 44.9 Å². The lowest BCUT2D eigenvalue weighted by Gasteiger charge is -2.21. The van der Waals surface area contributed by atoms with E-state index < -0.39 is 5.91 Å². The number of H-pyrrole nitrogens is 1. The van der Waals surface area contributed by atoms with E-state index in [0.717, 1.165) is 28.6 Å². The first-order valence-corrected chi connectivity index (χ1v) is 11.9. The molecule has 0 aliphatic carbocycles. The first-order chi connectivity index (χ1) is 16.6. The number of aryl methyl sites for hydroxylation is 1. The number of nitrogens with one attached hydrogen (secondary N) is 1. The average molecular weight is 500 g/mol. The van der Waals surface area contributed by atoms with Gasteiger partial charge in [0.05, 0.1) is 43.0 Å². The first kappa shape index (κ1) is 26.0. The lowest BCUT2D eigenvalue weighted by Crippen LogP contribution is -2.33. The number of fused-ring (bicyclic) bond motifs is 1. The zero-order valence-electron chi connectivity index (χ0n) is 20.6. The maximum absolute atomic E-state index is 13.0. The largest absolute Gasteiger partial charge is 0.493 e. The smallest absolute Gasteiger partial charge is 0.258 e. The molecule has 2 amide bonds. The third-order valence-corrected chi connectivity index (χ3v) is 6.84. The van der Waals surface area contributed by atoms with Crippen LogP contribution in [0.3, 0.4) is 0 Å². The average Bonchev–Trinajstić information content (AvgIpc) is 2.83. The van der Waals surface area contributed by atoms with Gasteiger partial charge < -0.3 is 25.1 Å². The Labute approximate surface area is 207 Å². The Bertz CT molecular complexity index is 1350. The van der Waals surface area contributed by atoms with Crippen LogP contribution < -0.4 is 20.8 Å². The van der Waals surface area contributed by atoms with E-state index in [1.165, 1.54) is 14.2 Å².